The number of hydrogen-bond donors (Lipinski definition) is 1. The Kier molecular flexibility index (Phi) is 5.62. The van der Waals surface area contributed by atoms with Crippen LogP contribution in [0.2, 0.25) is 0 Å². The van der Waals surface area contributed by atoms with Crippen LogP contribution < -0.4 is 10.3 Å². The molecule has 1 saturated heterocycles. The number of aromatic nitrogens is 4. The van der Waals surface area contributed by atoms with Crippen LogP contribution in [0.25, 0.3) is 11.1 Å². The fourth-order valence-corrected chi connectivity index (χ4v) is 3.51. The first-order valence-electron chi connectivity index (χ1n) is 9.94. The van der Waals surface area contributed by atoms with Crippen molar-refractivity contribution in [3.63, 3.8) is 0 Å². The Morgan fingerprint density at radius 1 is 1.10 bits per heavy atom. The van der Waals surface area contributed by atoms with Crippen molar-refractivity contribution in [2.75, 3.05) is 16.9 Å². The number of nitrogens with one attached hydrogen (secondary N) is 1. The molecular weight excluding hydrogens is 409 g/mol. The first-order valence-corrected chi connectivity index (χ1v) is 9.94. The molecule has 31 heavy (non-hydrogen) atoms. The summed E-state index contributed by atoms with van der Waals surface area (Å²) >= 11 is 0. The van der Waals surface area contributed by atoms with Gasteiger partial charge in [-0.3, -0.25) is 4.79 Å². The van der Waals surface area contributed by atoms with Gasteiger partial charge in [0, 0.05) is 30.4 Å². The summed E-state index contributed by atoms with van der Waals surface area (Å²) < 4.78 is 38.7. The molecule has 2 aromatic heterocycles. The monoisotopic (exact) mass is 430 g/mol. The molecule has 0 aliphatic carbocycles. The van der Waals surface area contributed by atoms with Crippen LogP contribution in [-0.4, -0.2) is 32.3 Å². The molecule has 0 unspecified atom stereocenters. The van der Waals surface area contributed by atoms with Gasteiger partial charge in [-0.05, 0) is 49.1 Å². The molecule has 1 N–H and O–H groups in total. The minimum absolute atomic E-state index is 0.0421. The van der Waals surface area contributed by atoms with E-state index in [1.54, 1.807) is 34.3 Å². The molecule has 1 amide bonds. The largest absolute Gasteiger partial charge is 0.433 e. The summed E-state index contributed by atoms with van der Waals surface area (Å²) in [5.74, 6) is -0.0994. The Labute approximate surface area is 176 Å². The average molecular weight is 430 g/mol. The van der Waals surface area contributed by atoms with Crippen molar-refractivity contribution < 1.29 is 18.0 Å². The summed E-state index contributed by atoms with van der Waals surface area (Å²) in [6, 6.07) is 6.33. The maximum Gasteiger partial charge on any atom is 0.433 e. The molecule has 1 aromatic carbocycles. The summed E-state index contributed by atoms with van der Waals surface area (Å²) in [7, 11) is 0. The standard InChI is InChI=1S/C21H21F3N6O/c1-14-9-15(16-12-26-30(13-16)29-8-4-2-3-5-19(29)31)11-17(10-14)27-20-25-7-6-18(28-20)21(22,23)24/h6-7,9-13H,2-5,8H2,1H3,(H,25,27,28). The highest BCUT2D eigenvalue weighted by Gasteiger charge is 2.32. The van der Waals surface area contributed by atoms with E-state index in [1.807, 2.05) is 13.0 Å². The van der Waals surface area contributed by atoms with Crippen molar-refractivity contribution in [1.29, 1.82) is 0 Å². The molecule has 1 fully saturated rings. The van der Waals surface area contributed by atoms with Crippen molar-refractivity contribution >= 4 is 17.5 Å². The lowest BCUT2D eigenvalue weighted by molar-refractivity contribution is -0.141. The Morgan fingerprint density at radius 3 is 2.74 bits per heavy atom. The molecule has 0 spiro atoms. The van der Waals surface area contributed by atoms with E-state index in [0.717, 1.165) is 48.2 Å². The van der Waals surface area contributed by atoms with Gasteiger partial charge in [-0.2, -0.15) is 23.1 Å². The number of nitrogens with zero attached hydrogens (tertiary/aromatic N) is 5. The molecule has 7 nitrogen and oxygen atoms in total. The zero-order chi connectivity index (χ0) is 22.0. The van der Waals surface area contributed by atoms with E-state index in [-0.39, 0.29) is 11.9 Å². The fraction of sp³-hybridized carbons (Fsp3) is 0.333. The van der Waals surface area contributed by atoms with Gasteiger partial charge in [0.15, 0.2) is 0 Å². The highest BCUT2D eigenvalue weighted by Crippen LogP contribution is 2.29. The number of carbonyl (C=O) groups is 1. The second kappa shape index (κ2) is 8.37. The van der Waals surface area contributed by atoms with E-state index in [9.17, 15) is 18.0 Å². The Hall–Kier alpha value is -3.43. The van der Waals surface area contributed by atoms with E-state index >= 15 is 0 Å². The van der Waals surface area contributed by atoms with E-state index in [4.69, 9.17) is 0 Å². The SMILES string of the molecule is Cc1cc(Nc2nccc(C(F)(F)F)n2)cc(-c2cnn(N3CCCCCC3=O)c2)c1. The highest BCUT2D eigenvalue weighted by atomic mass is 19.4. The predicted molar refractivity (Wildman–Crippen MR) is 109 cm³/mol. The van der Waals surface area contributed by atoms with Crippen molar-refractivity contribution in [3.05, 3.63) is 54.1 Å². The minimum Gasteiger partial charge on any atom is -0.324 e. The first kappa shape index (κ1) is 20.8. The fourth-order valence-electron chi connectivity index (χ4n) is 3.51. The average Bonchev–Trinajstić information content (AvgIpc) is 3.10. The molecule has 10 heteroatoms. The smallest absolute Gasteiger partial charge is 0.324 e. The van der Waals surface area contributed by atoms with Gasteiger partial charge in [0.1, 0.15) is 5.69 Å². The summed E-state index contributed by atoms with van der Waals surface area (Å²) in [5, 5.41) is 8.82. The van der Waals surface area contributed by atoms with Crippen molar-refractivity contribution in [2.45, 2.75) is 38.8 Å². The predicted octanol–water partition coefficient (Wildman–Crippen LogP) is 4.45. The van der Waals surface area contributed by atoms with Gasteiger partial charge in [-0.25, -0.2) is 15.0 Å². The molecule has 1 aliphatic heterocycles. The molecule has 3 aromatic rings. The van der Waals surface area contributed by atoms with Gasteiger partial charge in [-0.1, -0.05) is 12.5 Å². The van der Waals surface area contributed by atoms with Crippen LogP contribution in [0.3, 0.4) is 0 Å². The van der Waals surface area contributed by atoms with E-state index in [1.165, 1.54) is 0 Å². The van der Waals surface area contributed by atoms with Crippen LogP contribution in [0, 0.1) is 6.92 Å². The molecular formula is C21H21F3N6O. The molecule has 0 bridgehead atoms. The van der Waals surface area contributed by atoms with Crippen LogP contribution in [0.15, 0.2) is 42.9 Å². The van der Waals surface area contributed by atoms with Crippen molar-refractivity contribution in [2.24, 2.45) is 0 Å². The van der Waals surface area contributed by atoms with Crippen LogP contribution in [0.4, 0.5) is 24.8 Å². The van der Waals surface area contributed by atoms with E-state index in [2.05, 4.69) is 20.4 Å². The lowest BCUT2D eigenvalue weighted by Crippen LogP contribution is -2.40. The Bertz CT molecular complexity index is 1090. The van der Waals surface area contributed by atoms with Crippen molar-refractivity contribution in [1.82, 2.24) is 19.9 Å². The van der Waals surface area contributed by atoms with Gasteiger partial charge in [0.05, 0.1) is 12.4 Å². The topological polar surface area (TPSA) is 75.9 Å². The quantitative estimate of drug-likeness (QED) is 0.662. The van der Waals surface area contributed by atoms with Crippen molar-refractivity contribution in [3.8, 4) is 11.1 Å². The second-order valence-corrected chi connectivity index (χ2v) is 7.45. The molecule has 4 rings (SSSR count). The molecule has 162 valence electrons. The number of alkyl halides is 3. The summed E-state index contributed by atoms with van der Waals surface area (Å²) in [4.78, 5) is 21.3. The van der Waals surface area contributed by atoms with Gasteiger partial charge >= 0.3 is 6.18 Å². The third-order valence-electron chi connectivity index (χ3n) is 4.98. The summed E-state index contributed by atoms with van der Waals surface area (Å²) in [6.07, 6.45) is 3.30. The Balaban J connectivity index is 1.59. The zero-order valence-corrected chi connectivity index (χ0v) is 16.9. The van der Waals surface area contributed by atoms with Gasteiger partial charge in [-0.15, -0.1) is 0 Å². The third-order valence-corrected chi connectivity index (χ3v) is 4.98. The number of benzene rings is 1. The molecule has 0 saturated carbocycles. The summed E-state index contributed by atoms with van der Waals surface area (Å²) in [6.45, 7) is 2.50. The highest BCUT2D eigenvalue weighted by molar-refractivity contribution is 5.86. The van der Waals surface area contributed by atoms with Crippen LogP contribution in [0.5, 0.6) is 0 Å². The first-order chi connectivity index (χ1) is 14.8. The molecule has 0 atom stereocenters. The lowest BCUT2D eigenvalue weighted by Gasteiger charge is -2.19. The minimum atomic E-state index is -4.55. The van der Waals surface area contributed by atoms with E-state index < -0.39 is 11.9 Å². The number of halogens is 3. The third kappa shape index (κ3) is 4.84. The van der Waals surface area contributed by atoms with Gasteiger partial charge < -0.3 is 5.32 Å². The molecule has 0 radical (unpaired) electrons. The van der Waals surface area contributed by atoms with Crippen LogP contribution >= 0.6 is 0 Å². The number of anilines is 2. The number of hydrogen-bond acceptors (Lipinski definition) is 5. The van der Waals surface area contributed by atoms with Gasteiger partial charge in [0.25, 0.3) is 0 Å². The zero-order valence-electron chi connectivity index (χ0n) is 16.9. The van der Waals surface area contributed by atoms with Gasteiger partial charge in [0.2, 0.25) is 11.9 Å². The second-order valence-electron chi connectivity index (χ2n) is 7.45. The maximum atomic E-state index is 12.9. The van der Waals surface area contributed by atoms with E-state index in [0.29, 0.717) is 18.7 Å². The normalized spacial score (nSPS) is 15.1. The maximum absolute atomic E-state index is 12.9. The Morgan fingerprint density at radius 2 is 1.94 bits per heavy atom. The number of rotatable bonds is 4. The molecule has 1 aliphatic rings. The lowest BCUT2D eigenvalue weighted by atomic mass is 10.1. The van der Waals surface area contributed by atoms with Crippen LogP contribution in [0.1, 0.15) is 36.9 Å². The van der Waals surface area contributed by atoms with Crippen LogP contribution in [-0.2, 0) is 11.0 Å². The number of aryl methyl sites for hydroxylation is 1. The summed E-state index contributed by atoms with van der Waals surface area (Å²) in [5.41, 5.74) is 2.02. The number of amides is 1. The number of carbonyl (C=O) groups excluding carboxylic acids is 1. The molecule has 3 heterocycles.